The quantitative estimate of drug-likeness (QED) is 0.872. The maximum atomic E-state index is 4.59. The lowest BCUT2D eigenvalue weighted by Gasteiger charge is -2.03. The molecule has 3 heteroatoms. The lowest BCUT2D eigenvalue weighted by Crippen LogP contribution is -2.15. The molecule has 1 aliphatic carbocycles. The van der Waals surface area contributed by atoms with Crippen LogP contribution in [0.5, 0.6) is 0 Å². The minimum absolute atomic E-state index is 0.735. The monoisotopic (exact) mass is 241 g/mol. The average Bonchev–Trinajstić information content (AvgIpc) is 3.14. The van der Waals surface area contributed by atoms with Crippen molar-refractivity contribution < 1.29 is 0 Å². The van der Waals surface area contributed by atoms with E-state index < -0.39 is 0 Å². The van der Waals surface area contributed by atoms with Gasteiger partial charge >= 0.3 is 0 Å². The first-order valence-corrected chi connectivity index (χ1v) is 6.72. The second-order valence-electron chi connectivity index (χ2n) is 4.93. The second kappa shape index (κ2) is 4.94. The maximum absolute atomic E-state index is 4.59. The highest BCUT2D eigenvalue weighted by molar-refractivity contribution is 5.34. The van der Waals surface area contributed by atoms with Gasteiger partial charge in [-0.25, -0.2) is 4.68 Å². The molecule has 1 fully saturated rings. The first-order chi connectivity index (χ1) is 8.85. The predicted molar refractivity (Wildman–Crippen MR) is 72.8 cm³/mol. The molecule has 1 aromatic heterocycles. The highest BCUT2D eigenvalue weighted by Crippen LogP contribution is 2.19. The van der Waals surface area contributed by atoms with Crippen molar-refractivity contribution in [2.24, 2.45) is 0 Å². The van der Waals surface area contributed by atoms with Crippen molar-refractivity contribution in [2.45, 2.75) is 38.8 Å². The van der Waals surface area contributed by atoms with Gasteiger partial charge in [0.15, 0.2) is 0 Å². The van der Waals surface area contributed by atoms with E-state index in [1.807, 2.05) is 10.9 Å². The second-order valence-corrected chi connectivity index (χ2v) is 4.93. The van der Waals surface area contributed by atoms with Crippen molar-refractivity contribution in [1.82, 2.24) is 15.1 Å². The summed E-state index contributed by atoms with van der Waals surface area (Å²) < 4.78 is 1.95. The summed E-state index contributed by atoms with van der Waals surface area (Å²) in [6, 6.07) is 11.4. The number of hydrogen-bond acceptors (Lipinski definition) is 2. The van der Waals surface area contributed by atoms with Gasteiger partial charge in [0.1, 0.15) is 0 Å². The van der Waals surface area contributed by atoms with E-state index in [0.717, 1.165) is 30.4 Å². The number of aryl methyl sites for hydroxylation is 1. The number of nitrogens with one attached hydrogen (secondary N) is 1. The highest BCUT2D eigenvalue weighted by atomic mass is 15.3. The van der Waals surface area contributed by atoms with E-state index in [9.17, 15) is 0 Å². The van der Waals surface area contributed by atoms with Crippen LogP contribution in [0.25, 0.3) is 5.69 Å². The summed E-state index contributed by atoms with van der Waals surface area (Å²) in [4.78, 5) is 0. The van der Waals surface area contributed by atoms with Gasteiger partial charge in [0.25, 0.3) is 0 Å². The van der Waals surface area contributed by atoms with Crippen molar-refractivity contribution in [3.05, 3.63) is 47.8 Å². The first-order valence-electron chi connectivity index (χ1n) is 6.72. The van der Waals surface area contributed by atoms with Crippen LogP contribution in [0.1, 0.15) is 31.0 Å². The Bertz CT molecular complexity index is 509. The topological polar surface area (TPSA) is 29.9 Å². The fourth-order valence-corrected chi connectivity index (χ4v) is 2.02. The smallest absolute Gasteiger partial charge is 0.0766 e. The SMILES string of the molecule is CCc1ccc(-n2ccc(CNC3CC3)n2)cc1. The van der Waals surface area contributed by atoms with Gasteiger partial charge in [-0.15, -0.1) is 0 Å². The molecular weight excluding hydrogens is 222 g/mol. The minimum atomic E-state index is 0.735. The van der Waals surface area contributed by atoms with Gasteiger partial charge in [-0.1, -0.05) is 19.1 Å². The molecule has 1 heterocycles. The molecule has 0 radical (unpaired) electrons. The molecule has 3 rings (SSSR count). The third-order valence-electron chi connectivity index (χ3n) is 3.40. The van der Waals surface area contributed by atoms with Gasteiger partial charge in [-0.3, -0.25) is 0 Å². The normalized spacial score (nSPS) is 14.9. The van der Waals surface area contributed by atoms with Gasteiger partial charge in [0, 0.05) is 18.8 Å². The van der Waals surface area contributed by atoms with Crippen LogP contribution in [0.3, 0.4) is 0 Å². The van der Waals surface area contributed by atoms with Crippen LogP contribution in [0.2, 0.25) is 0 Å². The summed E-state index contributed by atoms with van der Waals surface area (Å²) >= 11 is 0. The number of nitrogens with zero attached hydrogens (tertiary/aromatic N) is 2. The summed E-state index contributed by atoms with van der Waals surface area (Å²) in [5.74, 6) is 0. The van der Waals surface area contributed by atoms with E-state index in [-0.39, 0.29) is 0 Å². The van der Waals surface area contributed by atoms with Gasteiger partial charge in [-0.05, 0) is 43.0 Å². The molecule has 0 aliphatic heterocycles. The Kier molecular flexibility index (Phi) is 3.15. The summed E-state index contributed by atoms with van der Waals surface area (Å²) in [6.45, 7) is 3.05. The summed E-state index contributed by atoms with van der Waals surface area (Å²) in [5, 5.41) is 8.07. The molecule has 1 N–H and O–H groups in total. The molecule has 0 atom stereocenters. The summed E-state index contributed by atoms with van der Waals surface area (Å²) in [7, 11) is 0. The van der Waals surface area contributed by atoms with E-state index in [4.69, 9.17) is 0 Å². The molecule has 2 aromatic rings. The van der Waals surface area contributed by atoms with Gasteiger partial charge in [0.05, 0.1) is 11.4 Å². The van der Waals surface area contributed by atoms with Crippen molar-refractivity contribution in [1.29, 1.82) is 0 Å². The number of hydrogen-bond donors (Lipinski definition) is 1. The molecule has 0 bridgehead atoms. The van der Waals surface area contributed by atoms with Crippen LogP contribution in [0.15, 0.2) is 36.5 Å². The number of rotatable bonds is 5. The Morgan fingerprint density at radius 1 is 1.22 bits per heavy atom. The lowest BCUT2D eigenvalue weighted by atomic mass is 10.1. The fourth-order valence-electron chi connectivity index (χ4n) is 2.02. The van der Waals surface area contributed by atoms with Crippen LogP contribution < -0.4 is 5.32 Å². The highest BCUT2D eigenvalue weighted by Gasteiger charge is 2.20. The molecule has 0 amide bonds. The van der Waals surface area contributed by atoms with Gasteiger partial charge < -0.3 is 5.32 Å². The first kappa shape index (κ1) is 11.5. The van der Waals surface area contributed by atoms with Crippen LogP contribution >= 0.6 is 0 Å². The third kappa shape index (κ3) is 2.62. The van der Waals surface area contributed by atoms with Crippen LogP contribution in [0.4, 0.5) is 0 Å². The minimum Gasteiger partial charge on any atom is -0.308 e. The van der Waals surface area contributed by atoms with Crippen molar-refractivity contribution in [3.8, 4) is 5.69 Å². The molecule has 3 nitrogen and oxygen atoms in total. The number of benzene rings is 1. The largest absolute Gasteiger partial charge is 0.308 e. The Balaban J connectivity index is 1.70. The van der Waals surface area contributed by atoms with E-state index in [1.165, 1.54) is 18.4 Å². The third-order valence-corrected chi connectivity index (χ3v) is 3.40. The molecule has 1 saturated carbocycles. The summed E-state index contributed by atoms with van der Waals surface area (Å²) in [6.07, 6.45) is 5.75. The molecule has 0 unspecified atom stereocenters. The van der Waals surface area contributed by atoms with Crippen LogP contribution in [0, 0.1) is 0 Å². The molecule has 1 aromatic carbocycles. The zero-order valence-electron chi connectivity index (χ0n) is 10.8. The van der Waals surface area contributed by atoms with E-state index >= 15 is 0 Å². The molecule has 18 heavy (non-hydrogen) atoms. The maximum Gasteiger partial charge on any atom is 0.0766 e. The number of aromatic nitrogens is 2. The Morgan fingerprint density at radius 3 is 2.67 bits per heavy atom. The Labute approximate surface area is 108 Å². The average molecular weight is 241 g/mol. The Morgan fingerprint density at radius 2 is 2.00 bits per heavy atom. The molecule has 94 valence electrons. The zero-order valence-corrected chi connectivity index (χ0v) is 10.8. The van der Waals surface area contributed by atoms with Crippen LogP contribution in [-0.2, 0) is 13.0 Å². The van der Waals surface area contributed by atoms with Crippen molar-refractivity contribution in [2.75, 3.05) is 0 Å². The van der Waals surface area contributed by atoms with Crippen LogP contribution in [-0.4, -0.2) is 15.8 Å². The van der Waals surface area contributed by atoms with E-state index in [1.54, 1.807) is 0 Å². The van der Waals surface area contributed by atoms with Crippen molar-refractivity contribution in [3.63, 3.8) is 0 Å². The fraction of sp³-hybridized carbons (Fsp3) is 0.400. The molecule has 0 saturated heterocycles. The zero-order chi connectivity index (χ0) is 12.4. The summed E-state index contributed by atoms with van der Waals surface area (Å²) in [5.41, 5.74) is 3.60. The Hall–Kier alpha value is -1.61. The molecular formula is C15H19N3. The van der Waals surface area contributed by atoms with Crippen molar-refractivity contribution >= 4 is 0 Å². The standard InChI is InChI=1S/C15H19N3/c1-2-12-3-7-15(8-4-12)18-10-9-14(17-18)11-16-13-5-6-13/h3-4,7-10,13,16H,2,5-6,11H2,1H3. The predicted octanol–water partition coefficient (Wildman–Crippen LogP) is 2.69. The molecule has 0 spiro atoms. The molecule has 1 aliphatic rings. The van der Waals surface area contributed by atoms with Gasteiger partial charge in [-0.2, -0.15) is 5.10 Å². The van der Waals surface area contributed by atoms with Gasteiger partial charge in [0.2, 0.25) is 0 Å². The lowest BCUT2D eigenvalue weighted by molar-refractivity contribution is 0.665. The van der Waals surface area contributed by atoms with E-state index in [0.29, 0.717) is 0 Å². The van der Waals surface area contributed by atoms with E-state index in [2.05, 4.69) is 47.7 Å².